The SMILES string of the molecule is CCC(=O)NS(=O)(=O)c1ccc(C2OC(C)=CN2c2ccccc2)cc1.[NaH]. The van der Waals surface area contributed by atoms with E-state index < -0.39 is 15.9 Å². The van der Waals surface area contributed by atoms with E-state index in [1.165, 1.54) is 12.1 Å². The summed E-state index contributed by atoms with van der Waals surface area (Å²) in [5.74, 6) is 0.231. The molecule has 1 heterocycles. The molecule has 138 valence electrons. The third-order valence-electron chi connectivity index (χ3n) is 3.97. The van der Waals surface area contributed by atoms with Gasteiger partial charge in [-0.2, -0.15) is 0 Å². The number of benzene rings is 2. The summed E-state index contributed by atoms with van der Waals surface area (Å²) in [6.07, 6.45) is 1.63. The van der Waals surface area contributed by atoms with Crippen LogP contribution in [0.1, 0.15) is 32.1 Å². The van der Waals surface area contributed by atoms with Crippen molar-refractivity contribution in [2.75, 3.05) is 4.90 Å². The molecule has 0 spiro atoms. The number of nitrogens with zero attached hydrogens (tertiary/aromatic N) is 1. The minimum absolute atomic E-state index is 0. The van der Waals surface area contributed by atoms with Crippen molar-refractivity contribution in [1.82, 2.24) is 4.72 Å². The number of amides is 1. The number of hydrogen-bond donors (Lipinski definition) is 1. The van der Waals surface area contributed by atoms with Gasteiger partial charge in [0.2, 0.25) is 12.1 Å². The monoisotopic (exact) mass is 396 g/mol. The molecule has 1 aliphatic rings. The predicted octanol–water partition coefficient (Wildman–Crippen LogP) is 2.65. The van der Waals surface area contributed by atoms with E-state index in [0.29, 0.717) is 0 Å². The number of allylic oxidation sites excluding steroid dienone is 1. The molecule has 2 aromatic rings. The van der Waals surface area contributed by atoms with Crippen molar-refractivity contribution >= 4 is 51.2 Å². The van der Waals surface area contributed by atoms with Gasteiger partial charge in [0.05, 0.1) is 4.90 Å². The molecule has 2 aromatic carbocycles. The Hall–Kier alpha value is -1.80. The molecule has 0 fully saturated rings. The second kappa shape index (κ2) is 8.93. The van der Waals surface area contributed by atoms with E-state index in [1.807, 2.05) is 53.1 Å². The molecular formula is C19H21N2NaO4S. The Morgan fingerprint density at radius 3 is 2.33 bits per heavy atom. The molecule has 0 aliphatic carbocycles. The molecule has 1 atom stereocenters. The van der Waals surface area contributed by atoms with Gasteiger partial charge in [-0.25, -0.2) is 13.1 Å². The Morgan fingerprint density at radius 2 is 1.74 bits per heavy atom. The van der Waals surface area contributed by atoms with Gasteiger partial charge in [0.25, 0.3) is 10.0 Å². The fraction of sp³-hybridized carbons (Fsp3) is 0.211. The molecule has 6 nitrogen and oxygen atoms in total. The molecule has 0 radical (unpaired) electrons. The zero-order valence-corrected chi connectivity index (χ0v) is 15.4. The number of carbonyl (C=O) groups excluding carboxylic acids is 1. The predicted molar refractivity (Wildman–Crippen MR) is 106 cm³/mol. The van der Waals surface area contributed by atoms with Crippen LogP contribution < -0.4 is 9.62 Å². The standard InChI is InChI=1S/C19H20N2O4S.Na.H/c1-3-18(22)20-26(23,24)17-11-9-15(10-12-17)19-21(13-14(2)25-19)16-7-5-4-6-8-16;;/h4-13,19H,3H2,1-2H3,(H,20,22);;. The summed E-state index contributed by atoms with van der Waals surface area (Å²) in [6.45, 7) is 3.47. The summed E-state index contributed by atoms with van der Waals surface area (Å²) in [7, 11) is -3.86. The first-order valence-electron chi connectivity index (χ1n) is 8.25. The zero-order valence-electron chi connectivity index (χ0n) is 14.5. The van der Waals surface area contributed by atoms with Crippen molar-refractivity contribution in [3.8, 4) is 0 Å². The van der Waals surface area contributed by atoms with Crippen molar-refractivity contribution in [2.24, 2.45) is 0 Å². The maximum absolute atomic E-state index is 12.2. The number of para-hydroxylation sites is 1. The van der Waals surface area contributed by atoms with Gasteiger partial charge in [0, 0.05) is 23.9 Å². The molecule has 8 heteroatoms. The normalized spacial score (nSPS) is 16.1. The van der Waals surface area contributed by atoms with E-state index in [-0.39, 0.29) is 47.1 Å². The first-order valence-corrected chi connectivity index (χ1v) is 9.73. The van der Waals surface area contributed by atoms with E-state index in [9.17, 15) is 13.2 Å². The quantitative estimate of drug-likeness (QED) is 0.787. The molecule has 1 unspecified atom stereocenters. The molecule has 0 aromatic heterocycles. The summed E-state index contributed by atoms with van der Waals surface area (Å²) < 4.78 is 32.3. The first-order chi connectivity index (χ1) is 12.4. The van der Waals surface area contributed by atoms with Crippen LogP contribution in [0.3, 0.4) is 0 Å². The second-order valence-corrected chi connectivity index (χ2v) is 7.59. The summed E-state index contributed by atoms with van der Waals surface area (Å²) in [6, 6.07) is 16.1. The van der Waals surface area contributed by atoms with E-state index in [4.69, 9.17) is 4.74 Å². The summed E-state index contributed by atoms with van der Waals surface area (Å²) in [5.41, 5.74) is 1.78. The average Bonchev–Trinajstić information content (AvgIpc) is 3.04. The zero-order chi connectivity index (χ0) is 18.7. The number of rotatable bonds is 5. The maximum atomic E-state index is 12.2. The third kappa shape index (κ3) is 4.93. The third-order valence-corrected chi connectivity index (χ3v) is 5.36. The summed E-state index contributed by atoms with van der Waals surface area (Å²) in [4.78, 5) is 13.4. The molecule has 0 saturated carbocycles. The van der Waals surface area contributed by atoms with Crippen LogP contribution in [0.25, 0.3) is 0 Å². The van der Waals surface area contributed by atoms with Gasteiger partial charge >= 0.3 is 29.6 Å². The van der Waals surface area contributed by atoms with Gasteiger partial charge in [0.1, 0.15) is 5.76 Å². The van der Waals surface area contributed by atoms with Crippen LogP contribution in [0.4, 0.5) is 5.69 Å². The average molecular weight is 396 g/mol. The van der Waals surface area contributed by atoms with Gasteiger partial charge in [-0.3, -0.25) is 4.79 Å². The summed E-state index contributed by atoms with van der Waals surface area (Å²) >= 11 is 0. The molecule has 0 bridgehead atoms. The Morgan fingerprint density at radius 1 is 1.11 bits per heavy atom. The van der Waals surface area contributed by atoms with Crippen molar-refractivity contribution in [3.63, 3.8) is 0 Å². The number of ether oxygens (including phenoxy) is 1. The van der Waals surface area contributed by atoms with Crippen LogP contribution in [0.5, 0.6) is 0 Å². The Labute approximate surface area is 181 Å². The Kier molecular flexibility index (Phi) is 7.11. The van der Waals surface area contributed by atoms with E-state index >= 15 is 0 Å². The molecule has 1 N–H and O–H groups in total. The van der Waals surface area contributed by atoms with Crippen LogP contribution in [0.15, 0.2) is 71.5 Å². The number of hydrogen-bond acceptors (Lipinski definition) is 5. The van der Waals surface area contributed by atoms with Crippen molar-refractivity contribution < 1.29 is 17.9 Å². The second-order valence-electron chi connectivity index (χ2n) is 5.90. The number of anilines is 1. The summed E-state index contributed by atoms with van der Waals surface area (Å²) in [5, 5.41) is 0. The van der Waals surface area contributed by atoms with Crippen molar-refractivity contribution in [2.45, 2.75) is 31.4 Å². The van der Waals surface area contributed by atoms with Gasteiger partial charge < -0.3 is 9.64 Å². The molecule has 3 rings (SSSR count). The molecular weight excluding hydrogens is 375 g/mol. The van der Waals surface area contributed by atoms with Crippen LogP contribution in [0.2, 0.25) is 0 Å². The minimum atomic E-state index is -3.86. The van der Waals surface area contributed by atoms with Gasteiger partial charge in [-0.1, -0.05) is 37.3 Å². The first kappa shape index (κ1) is 21.5. The topological polar surface area (TPSA) is 75.7 Å². The Balaban J connectivity index is 0.00000261. The molecule has 1 amide bonds. The number of carbonyl (C=O) groups is 1. The van der Waals surface area contributed by atoms with E-state index in [0.717, 1.165) is 17.0 Å². The number of nitrogens with one attached hydrogen (secondary N) is 1. The van der Waals surface area contributed by atoms with Crippen LogP contribution in [-0.4, -0.2) is 43.9 Å². The fourth-order valence-corrected chi connectivity index (χ4v) is 3.71. The fourth-order valence-electron chi connectivity index (χ4n) is 2.66. The van der Waals surface area contributed by atoms with E-state index in [2.05, 4.69) is 0 Å². The van der Waals surface area contributed by atoms with Crippen molar-refractivity contribution in [1.29, 1.82) is 0 Å². The van der Waals surface area contributed by atoms with Gasteiger partial charge in [-0.05, 0) is 31.2 Å². The van der Waals surface area contributed by atoms with Crippen LogP contribution in [0, 0.1) is 0 Å². The number of sulfonamides is 1. The molecule has 1 aliphatic heterocycles. The van der Waals surface area contributed by atoms with Gasteiger partial charge in [0.15, 0.2) is 0 Å². The Bertz CT molecular complexity index is 928. The van der Waals surface area contributed by atoms with E-state index in [1.54, 1.807) is 19.1 Å². The van der Waals surface area contributed by atoms with Crippen LogP contribution in [-0.2, 0) is 19.6 Å². The molecule has 27 heavy (non-hydrogen) atoms. The van der Waals surface area contributed by atoms with Crippen LogP contribution >= 0.6 is 0 Å². The van der Waals surface area contributed by atoms with Crippen molar-refractivity contribution in [3.05, 3.63) is 72.1 Å². The van der Waals surface area contributed by atoms with Gasteiger partial charge in [-0.15, -0.1) is 0 Å². The molecule has 0 saturated heterocycles.